The van der Waals surface area contributed by atoms with Crippen molar-refractivity contribution in [3.8, 4) is 0 Å². The van der Waals surface area contributed by atoms with Crippen molar-refractivity contribution < 1.29 is 23.3 Å². The smallest absolute Gasteiger partial charge is 0.332 e. The van der Waals surface area contributed by atoms with E-state index in [1.807, 2.05) is 0 Å². The number of aromatic nitrogens is 2. The SMILES string of the molecule is Cn1c(=O)ccn(C2CCC(C(OCC(Cl)(Cl)Cl)(OCC(Cl)(Cl)Cl)OP=O)O2)c1=O. The zero-order valence-corrected chi connectivity index (χ0v) is 20.5. The van der Waals surface area contributed by atoms with Crippen LogP contribution in [0.2, 0.25) is 0 Å². The molecule has 30 heavy (non-hydrogen) atoms. The Morgan fingerprint density at radius 2 is 1.67 bits per heavy atom. The van der Waals surface area contributed by atoms with Gasteiger partial charge in [-0.05, 0) is 12.8 Å². The molecule has 16 heteroatoms. The molecule has 0 radical (unpaired) electrons. The molecule has 2 heterocycles. The molecule has 0 amide bonds. The van der Waals surface area contributed by atoms with Gasteiger partial charge in [0.2, 0.25) is 7.59 Å². The minimum Gasteiger partial charge on any atom is -0.346 e. The van der Waals surface area contributed by atoms with Gasteiger partial charge in [-0.3, -0.25) is 13.9 Å². The maximum absolute atomic E-state index is 12.4. The van der Waals surface area contributed by atoms with Gasteiger partial charge in [0.1, 0.15) is 12.3 Å². The summed E-state index contributed by atoms with van der Waals surface area (Å²) in [6.45, 7) is -1.12. The molecule has 0 saturated carbocycles. The number of nitrogens with zero attached hydrogens (tertiary/aromatic N) is 2. The highest BCUT2D eigenvalue weighted by Gasteiger charge is 2.51. The van der Waals surface area contributed by atoms with Gasteiger partial charge in [-0.15, -0.1) is 0 Å². The fraction of sp³-hybridized carbons (Fsp3) is 0.714. The molecule has 0 aromatic carbocycles. The average molecular weight is 567 g/mol. The molecule has 1 saturated heterocycles. The van der Waals surface area contributed by atoms with Crippen molar-refractivity contribution in [2.45, 2.75) is 38.7 Å². The Hall–Kier alpha value is 0.360. The van der Waals surface area contributed by atoms with Crippen LogP contribution in [0.3, 0.4) is 0 Å². The second kappa shape index (κ2) is 10.5. The summed E-state index contributed by atoms with van der Waals surface area (Å²) in [6, 6.07) is 1.21. The van der Waals surface area contributed by atoms with E-state index in [0.29, 0.717) is 0 Å². The lowest BCUT2D eigenvalue weighted by Gasteiger charge is -2.36. The topological polar surface area (TPSA) is 98.0 Å². The molecule has 2 unspecified atom stereocenters. The Bertz CT molecular complexity index is 850. The third-order valence-electron chi connectivity index (χ3n) is 3.96. The Labute approximate surface area is 202 Å². The normalized spacial score (nSPS) is 20.8. The Morgan fingerprint density at radius 1 is 1.10 bits per heavy atom. The van der Waals surface area contributed by atoms with E-state index >= 15 is 0 Å². The van der Waals surface area contributed by atoms with E-state index in [2.05, 4.69) is 0 Å². The standard InChI is InChI=1S/C14H15Cl6N2O7P/c1-21-9(23)4-5-22(11(21)24)10-3-2-8(28-10)14(29-30-25,26-6-12(15,16)17)27-7-13(18,19)20/h4-5,8,10H,2-3,6-7H2,1H3. The highest BCUT2D eigenvalue weighted by Crippen LogP contribution is 2.41. The first-order valence-corrected chi connectivity index (χ1v) is 11.1. The molecule has 0 N–H and O–H groups in total. The summed E-state index contributed by atoms with van der Waals surface area (Å²) in [6.07, 6.45) is -0.148. The van der Waals surface area contributed by atoms with Gasteiger partial charge < -0.3 is 14.2 Å². The molecule has 0 aliphatic carbocycles. The van der Waals surface area contributed by atoms with Gasteiger partial charge in [-0.1, -0.05) is 69.6 Å². The number of ether oxygens (including phenoxy) is 3. The van der Waals surface area contributed by atoms with Crippen LogP contribution in [0, 0.1) is 0 Å². The lowest BCUT2D eigenvalue weighted by molar-refractivity contribution is -0.381. The molecule has 170 valence electrons. The molecular formula is C14H15Cl6N2O7P. The first kappa shape index (κ1) is 26.6. The fourth-order valence-electron chi connectivity index (χ4n) is 2.65. The van der Waals surface area contributed by atoms with Gasteiger partial charge in [0, 0.05) is 19.3 Å². The van der Waals surface area contributed by atoms with Gasteiger partial charge in [0.05, 0.1) is 13.2 Å². The molecule has 0 bridgehead atoms. The number of halogens is 6. The number of hydrogen-bond acceptors (Lipinski definition) is 7. The quantitative estimate of drug-likeness (QED) is 0.268. The van der Waals surface area contributed by atoms with E-state index in [9.17, 15) is 14.2 Å². The number of rotatable bonds is 8. The van der Waals surface area contributed by atoms with Crippen molar-refractivity contribution in [1.82, 2.24) is 9.13 Å². The Balaban J connectivity index is 2.33. The van der Waals surface area contributed by atoms with Gasteiger partial charge in [-0.25, -0.2) is 13.9 Å². The summed E-state index contributed by atoms with van der Waals surface area (Å²) in [4.78, 5) is 24.0. The lowest BCUT2D eigenvalue weighted by atomic mass is 10.2. The van der Waals surface area contributed by atoms with Crippen molar-refractivity contribution in [2.24, 2.45) is 7.05 Å². The lowest BCUT2D eigenvalue weighted by Crippen LogP contribution is -2.51. The molecule has 1 aromatic rings. The second-order valence-electron chi connectivity index (χ2n) is 6.14. The molecule has 9 nitrogen and oxygen atoms in total. The van der Waals surface area contributed by atoms with Gasteiger partial charge in [-0.2, -0.15) is 0 Å². The summed E-state index contributed by atoms with van der Waals surface area (Å²) in [5.41, 5.74) is -1.09. The molecular weight excluding hydrogens is 552 g/mol. The first-order chi connectivity index (χ1) is 13.8. The molecule has 1 aromatic heterocycles. The van der Waals surface area contributed by atoms with Crippen LogP contribution in [0.5, 0.6) is 0 Å². The highest BCUT2D eigenvalue weighted by molar-refractivity contribution is 7.17. The predicted molar refractivity (Wildman–Crippen MR) is 113 cm³/mol. The summed E-state index contributed by atoms with van der Waals surface area (Å²) < 4.78 is 31.5. The maximum atomic E-state index is 12.4. The first-order valence-electron chi connectivity index (χ1n) is 8.14. The molecule has 1 aliphatic heterocycles. The van der Waals surface area contributed by atoms with Crippen molar-refractivity contribution in [2.75, 3.05) is 13.2 Å². The van der Waals surface area contributed by atoms with Gasteiger partial charge in [0.15, 0.2) is 0 Å². The summed E-state index contributed by atoms with van der Waals surface area (Å²) >= 11 is 34.4. The van der Waals surface area contributed by atoms with Crippen LogP contribution in [0.25, 0.3) is 0 Å². The average Bonchev–Trinajstić information content (AvgIpc) is 3.11. The monoisotopic (exact) mass is 564 g/mol. The number of alkyl halides is 6. The van der Waals surface area contributed by atoms with E-state index in [0.717, 1.165) is 4.57 Å². The van der Waals surface area contributed by atoms with Crippen LogP contribution in [0.1, 0.15) is 19.1 Å². The Morgan fingerprint density at radius 3 is 2.17 bits per heavy atom. The minimum atomic E-state index is -2.20. The van der Waals surface area contributed by atoms with E-state index in [4.69, 9.17) is 88.3 Å². The Kier molecular flexibility index (Phi) is 9.34. The van der Waals surface area contributed by atoms with E-state index in [1.54, 1.807) is 0 Å². The zero-order valence-electron chi connectivity index (χ0n) is 15.1. The second-order valence-corrected chi connectivity index (χ2v) is 11.5. The van der Waals surface area contributed by atoms with Crippen LogP contribution in [0.15, 0.2) is 21.9 Å². The van der Waals surface area contributed by atoms with Crippen LogP contribution in [-0.2, 0) is 30.3 Å². The largest absolute Gasteiger partial charge is 0.346 e. The third kappa shape index (κ3) is 7.18. The van der Waals surface area contributed by atoms with E-state index < -0.39 is 59.0 Å². The van der Waals surface area contributed by atoms with Crippen molar-refractivity contribution >= 4 is 78.3 Å². The third-order valence-corrected chi connectivity index (χ3v) is 4.94. The van der Waals surface area contributed by atoms with Crippen LogP contribution in [0.4, 0.5) is 0 Å². The summed E-state index contributed by atoms with van der Waals surface area (Å²) in [7, 11) is 0.461. The zero-order chi connectivity index (χ0) is 22.7. The van der Waals surface area contributed by atoms with E-state index in [1.165, 1.54) is 23.9 Å². The number of hydrogen-bond donors (Lipinski definition) is 0. The highest BCUT2D eigenvalue weighted by atomic mass is 35.6. The van der Waals surface area contributed by atoms with Crippen molar-refractivity contribution in [3.63, 3.8) is 0 Å². The molecule has 1 aliphatic rings. The fourth-order valence-corrected chi connectivity index (χ4v) is 3.30. The van der Waals surface area contributed by atoms with Crippen LogP contribution >= 0.6 is 78.3 Å². The van der Waals surface area contributed by atoms with Gasteiger partial charge in [0.25, 0.3) is 5.56 Å². The van der Waals surface area contributed by atoms with Crippen LogP contribution < -0.4 is 11.2 Å². The molecule has 2 rings (SSSR count). The molecule has 2 atom stereocenters. The summed E-state index contributed by atoms with van der Waals surface area (Å²) in [5.74, 6) is -2.20. The van der Waals surface area contributed by atoms with Crippen LogP contribution in [-0.4, -0.2) is 42.0 Å². The maximum Gasteiger partial charge on any atom is 0.332 e. The summed E-state index contributed by atoms with van der Waals surface area (Å²) in [5, 5.41) is 0. The molecule has 0 spiro atoms. The van der Waals surface area contributed by atoms with Crippen molar-refractivity contribution in [1.29, 1.82) is 0 Å². The van der Waals surface area contributed by atoms with E-state index in [-0.39, 0.29) is 12.8 Å². The minimum absolute atomic E-state index is 0.190. The van der Waals surface area contributed by atoms with Crippen molar-refractivity contribution in [3.05, 3.63) is 33.1 Å². The predicted octanol–water partition coefficient (Wildman–Crippen LogP) is 3.88. The molecule has 1 fully saturated rings. The van der Waals surface area contributed by atoms with Gasteiger partial charge >= 0.3 is 20.3 Å².